The molecule has 0 radical (unpaired) electrons. The van der Waals surface area contributed by atoms with Gasteiger partial charge in [0.25, 0.3) is 0 Å². The second-order valence-electron chi connectivity index (χ2n) is 4.59. The Morgan fingerprint density at radius 2 is 2.20 bits per heavy atom. The number of aromatic nitrogens is 3. The van der Waals surface area contributed by atoms with Crippen molar-refractivity contribution in [3.8, 4) is 0 Å². The van der Waals surface area contributed by atoms with Crippen molar-refractivity contribution in [2.24, 2.45) is 5.92 Å². The van der Waals surface area contributed by atoms with Gasteiger partial charge in [-0.3, -0.25) is 4.79 Å². The summed E-state index contributed by atoms with van der Waals surface area (Å²) in [5.74, 6) is 2.86. The van der Waals surface area contributed by atoms with Gasteiger partial charge in [0.05, 0.1) is 0 Å². The van der Waals surface area contributed by atoms with E-state index in [2.05, 4.69) is 28.6 Å². The maximum absolute atomic E-state index is 11.4. The van der Waals surface area contributed by atoms with Gasteiger partial charge in [-0.25, -0.2) is 0 Å². The largest absolute Gasteiger partial charge is 0.314 e. The molecule has 2 heterocycles. The molecule has 0 aliphatic carbocycles. The molecule has 0 aromatic carbocycles. The lowest BCUT2D eigenvalue weighted by atomic mass is 9.95. The summed E-state index contributed by atoms with van der Waals surface area (Å²) in [4.78, 5) is 11.4. The number of hydrogen-bond donors (Lipinski definition) is 0. The highest BCUT2D eigenvalue weighted by Crippen LogP contribution is 2.23. The Bertz CT molecular complexity index is 381. The fourth-order valence-corrected chi connectivity index (χ4v) is 2.11. The Morgan fingerprint density at radius 3 is 2.80 bits per heavy atom. The monoisotopic (exact) mass is 207 g/mol. The number of aryl methyl sites for hydroxylation is 1. The summed E-state index contributed by atoms with van der Waals surface area (Å²) >= 11 is 0. The van der Waals surface area contributed by atoms with Crippen LogP contribution in [0, 0.1) is 5.92 Å². The number of nitrogens with zero attached hydrogens (tertiary/aromatic N) is 3. The van der Waals surface area contributed by atoms with E-state index >= 15 is 0 Å². The van der Waals surface area contributed by atoms with Crippen molar-refractivity contribution >= 4 is 5.78 Å². The van der Waals surface area contributed by atoms with Crippen molar-refractivity contribution in [2.75, 3.05) is 0 Å². The molecule has 0 N–H and O–H groups in total. The lowest BCUT2D eigenvalue weighted by Crippen LogP contribution is -2.26. The maximum atomic E-state index is 11.4. The number of Topliss-reactive ketones (excluding diaryl/α,β-unsaturated/α-hetero) is 1. The third-order valence-corrected chi connectivity index (χ3v) is 3.07. The van der Waals surface area contributed by atoms with E-state index in [1.54, 1.807) is 6.92 Å². The van der Waals surface area contributed by atoms with Crippen LogP contribution >= 0.6 is 0 Å². The smallest absolute Gasteiger partial charge is 0.135 e. The van der Waals surface area contributed by atoms with Gasteiger partial charge < -0.3 is 4.57 Å². The number of carbonyl (C=O) groups excluding carboxylic acids is 1. The number of ketones is 1. The molecule has 0 spiro atoms. The van der Waals surface area contributed by atoms with Crippen LogP contribution in [0.2, 0.25) is 0 Å². The number of fused-ring (bicyclic) bond motifs is 1. The Hall–Kier alpha value is -1.19. The molecule has 0 amide bonds. The first-order valence-corrected chi connectivity index (χ1v) is 5.52. The molecule has 1 aliphatic rings. The minimum Gasteiger partial charge on any atom is -0.314 e. The van der Waals surface area contributed by atoms with Crippen molar-refractivity contribution in [1.82, 2.24) is 14.8 Å². The minimum atomic E-state index is 0.158. The molecule has 0 saturated carbocycles. The van der Waals surface area contributed by atoms with Crippen molar-refractivity contribution < 1.29 is 4.79 Å². The van der Waals surface area contributed by atoms with Crippen molar-refractivity contribution in [3.63, 3.8) is 0 Å². The topological polar surface area (TPSA) is 47.8 Å². The van der Waals surface area contributed by atoms with E-state index in [-0.39, 0.29) is 11.7 Å². The van der Waals surface area contributed by atoms with Gasteiger partial charge in [-0.2, -0.15) is 0 Å². The van der Waals surface area contributed by atoms with Crippen LogP contribution in [0.4, 0.5) is 0 Å². The number of hydrogen-bond acceptors (Lipinski definition) is 3. The second-order valence-corrected chi connectivity index (χ2v) is 4.59. The minimum absolute atomic E-state index is 0.158. The molecule has 15 heavy (non-hydrogen) atoms. The van der Waals surface area contributed by atoms with E-state index in [4.69, 9.17) is 0 Å². The maximum Gasteiger partial charge on any atom is 0.135 e. The Labute approximate surface area is 89.7 Å². The van der Waals surface area contributed by atoms with Gasteiger partial charge >= 0.3 is 0 Å². The standard InChI is InChI=1S/C11H17N3O/c1-7(2)11-13-12-10-5-4-9(8(3)15)6-14(10)11/h7,9H,4-6H2,1-3H3. The lowest BCUT2D eigenvalue weighted by Gasteiger charge is -2.22. The third-order valence-electron chi connectivity index (χ3n) is 3.07. The van der Waals surface area contributed by atoms with Crippen LogP contribution in [0.3, 0.4) is 0 Å². The summed E-state index contributed by atoms with van der Waals surface area (Å²) in [6.45, 7) is 6.66. The summed E-state index contributed by atoms with van der Waals surface area (Å²) in [5.41, 5.74) is 0. The molecule has 1 aromatic rings. The average molecular weight is 207 g/mol. The highest BCUT2D eigenvalue weighted by molar-refractivity contribution is 5.78. The summed E-state index contributed by atoms with van der Waals surface area (Å²) in [7, 11) is 0. The van der Waals surface area contributed by atoms with Crippen LogP contribution in [0.25, 0.3) is 0 Å². The summed E-state index contributed by atoms with van der Waals surface area (Å²) < 4.78 is 2.13. The predicted octanol–water partition coefficient (Wildman–Crippen LogP) is 1.55. The molecular formula is C11H17N3O. The van der Waals surface area contributed by atoms with Gasteiger partial charge in [0, 0.05) is 24.8 Å². The predicted molar refractivity (Wildman–Crippen MR) is 56.6 cm³/mol. The third kappa shape index (κ3) is 1.80. The zero-order chi connectivity index (χ0) is 11.0. The lowest BCUT2D eigenvalue weighted by molar-refractivity contribution is -0.121. The molecule has 1 aromatic heterocycles. The van der Waals surface area contributed by atoms with Gasteiger partial charge in [0.1, 0.15) is 17.4 Å². The Morgan fingerprint density at radius 1 is 1.47 bits per heavy atom. The van der Waals surface area contributed by atoms with Gasteiger partial charge in [-0.1, -0.05) is 13.8 Å². The van der Waals surface area contributed by atoms with Crippen LogP contribution in [0.1, 0.15) is 44.8 Å². The summed E-state index contributed by atoms with van der Waals surface area (Å²) in [6, 6.07) is 0. The molecule has 1 unspecified atom stereocenters. The molecule has 1 aliphatic heterocycles. The molecule has 1 atom stereocenters. The first-order chi connectivity index (χ1) is 7.09. The first kappa shape index (κ1) is 10.3. The normalized spacial score (nSPS) is 20.4. The molecule has 82 valence electrons. The number of rotatable bonds is 2. The molecule has 0 fully saturated rings. The molecule has 2 rings (SSSR count). The fraction of sp³-hybridized carbons (Fsp3) is 0.727. The van der Waals surface area contributed by atoms with E-state index < -0.39 is 0 Å². The molecule has 0 bridgehead atoms. The fourth-order valence-electron chi connectivity index (χ4n) is 2.11. The van der Waals surface area contributed by atoms with E-state index in [0.29, 0.717) is 5.92 Å². The van der Waals surface area contributed by atoms with Crippen LogP contribution in [-0.2, 0) is 17.8 Å². The number of carbonyl (C=O) groups is 1. The van der Waals surface area contributed by atoms with Gasteiger partial charge in [-0.15, -0.1) is 10.2 Å². The van der Waals surface area contributed by atoms with Crippen molar-refractivity contribution in [1.29, 1.82) is 0 Å². The highest BCUT2D eigenvalue weighted by atomic mass is 16.1. The Kier molecular flexibility index (Phi) is 2.59. The van der Waals surface area contributed by atoms with E-state index in [1.807, 2.05) is 0 Å². The van der Waals surface area contributed by atoms with E-state index in [1.165, 1.54) is 0 Å². The van der Waals surface area contributed by atoms with Gasteiger partial charge in [-0.05, 0) is 13.3 Å². The Balaban J connectivity index is 2.30. The molecule has 0 saturated heterocycles. The SMILES string of the molecule is CC(=O)C1CCc2nnc(C(C)C)n2C1. The van der Waals surface area contributed by atoms with Crippen LogP contribution in [-0.4, -0.2) is 20.5 Å². The molecule has 4 nitrogen and oxygen atoms in total. The zero-order valence-electron chi connectivity index (χ0n) is 9.53. The van der Waals surface area contributed by atoms with Crippen molar-refractivity contribution in [3.05, 3.63) is 11.6 Å². The van der Waals surface area contributed by atoms with Gasteiger partial charge in [0.15, 0.2) is 0 Å². The van der Waals surface area contributed by atoms with Crippen molar-refractivity contribution in [2.45, 2.75) is 46.1 Å². The molecular weight excluding hydrogens is 190 g/mol. The quantitative estimate of drug-likeness (QED) is 0.739. The summed E-state index contributed by atoms with van der Waals surface area (Å²) in [5, 5.41) is 8.37. The highest BCUT2D eigenvalue weighted by Gasteiger charge is 2.26. The first-order valence-electron chi connectivity index (χ1n) is 5.52. The van der Waals surface area contributed by atoms with Crippen LogP contribution < -0.4 is 0 Å². The van der Waals surface area contributed by atoms with Gasteiger partial charge in [0.2, 0.25) is 0 Å². The molecule has 4 heteroatoms. The van der Waals surface area contributed by atoms with Crippen LogP contribution in [0.5, 0.6) is 0 Å². The average Bonchev–Trinajstić information content (AvgIpc) is 2.59. The zero-order valence-corrected chi connectivity index (χ0v) is 9.53. The van der Waals surface area contributed by atoms with E-state index in [9.17, 15) is 4.79 Å². The second kappa shape index (κ2) is 3.76. The van der Waals surface area contributed by atoms with Crippen LogP contribution in [0.15, 0.2) is 0 Å². The van der Waals surface area contributed by atoms with E-state index in [0.717, 1.165) is 31.0 Å². The summed E-state index contributed by atoms with van der Waals surface area (Å²) in [6.07, 6.45) is 1.80.